The zero-order valence-electron chi connectivity index (χ0n) is 15.0. The lowest BCUT2D eigenvalue weighted by Gasteiger charge is -2.44. The Kier molecular flexibility index (Phi) is 4.99. The molecule has 0 aromatic carbocycles. The number of likely N-dealkylation sites (tertiary alicyclic amines) is 1. The molecule has 2 aliphatic rings. The molecule has 1 amide bonds. The van der Waals surface area contributed by atoms with Gasteiger partial charge in [-0.15, -0.1) is 0 Å². The second-order valence-corrected chi connectivity index (χ2v) is 7.25. The fourth-order valence-corrected chi connectivity index (χ4v) is 4.14. The molecular formula is C19H25N5O2. The minimum absolute atomic E-state index is 0.0225. The van der Waals surface area contributed by atoms with Crippen molar-refractivity contribution < 1.29 is 9.53 Å². The van der Waals surface area contributed by atoms with Gasteiger partial charge in [-0.05, 0) is 25.0 Å². The number of piperidine rings is 1. The fraction of sp³-hybridized carbons (Fsp3) is 0.526. The van der Waals surface area contributed by atoms with Crippen molar-refractivity contribution in [2.24, 2.45) is 18.9 Å². The van der Waals surface area contributed by atoms with Crippen molar-refractivity contribution in [1.29, 1.82) is 0 Å². The van der Waals surface area contributed by atoms with Gasteiger partial charge in [-0.3, -0.25) is 19.4 Å². The first-order valence-electron chi connectivity index (χ1n) is 9.21. The SMILES string of the molecule is Cn1cc(CN2CC[C@H]3OCC[C@@H](C(=O)Nc4cccnc4)[C@@H]3C2)cn1. The molecule has 2 aliphatic heterocycles. The topological polar surface area (TPSA) is 72.3 Å². The van der Waals surface area contributed by atoms with Crippen LogP contribution in [0, 0.1) is 11.8 Å². The number of pyridine rings is 1. The minimum Gasteiger partial charge on any atom is -0.378 e. The highest BCUT2D eigenvalue weighted by Crippen LogP contribution is 2.34. The summed E-state index contributed by atoms with van der Waals surface area (Å²) >= 11 is 0. The van der Waals surface area contributed by atoms with Crippen LogP contribution in [0.3, 0.4) is 0 Å². The van der Waals surface area contributed by atoms with Crippen molar-refractivity contribution in [3.05, 3.63) is 42.5 Å². The lowest BCUT2D eigenvalue weighted by Crippen LogP contribution is -2.52. The number of carbonyl (C=O) groups is 1. The van der Waals surface area contributed by atoms with Crippen molar-refractivity contribution >= 4 is 11.6 Å². The van der Waals surface area contributed by atoms with E-state index in [1.165, 1.54) is 5.56 Å². The maximum Gasteiger partial charge on any atom is 0.228 e. The summed E-state index contributed by atoms with van der Waals surface area (Å²) in [7, 11) is 1.93. The van der Waals surface area contributed by atoms with Gasteiger partial charge < -0.3 is 10.1 Å². The van der Waals surface area contributed by atoms with Crippen LogP contribution in [0.15, 0.2) is 36.9 Å². The summed E-state index contributed by atoms with van der Waals surface area (Å²) in [5, 5.41) is 7.27. The molecule has 0 radical (unpaired) electrons. The van der Waals surface area contributed by atoms with Gasteiger partial charge >= 0.3 is 0 Å². The fourth-order valence-electron chi connectivity index (χ4n) is 4.14. The Morgan fingerprint density at radius 3 is 3.08 bits per heavy atom. The Morgan fingerprint density at radius 1 is 1.38 bits per heavy atom. The van der Waals surface area contributed by atoms with E-state index < -0.39 is 0 Å². The summed E-state index contributed by atoms with van der Waals surface area (Å²) in [6, 6.07) is 3.70. The Balaban J connectivity index is 1.43. The number of aryl methyl sites for hydroxylation is 1. The number of amides is 1. The molecule has 2 fully saturated rings. The summed E-state index contributed by atoms with van der Waals surface area (Å²) in [6.45, 7) is 3.40. The average molecular weight is 355 g/mol. The second kappa shape index (κ2) is 7.55. The van der Waals surface area contributed by atoms with Crippen LogP contribution in [0.4, 0.5) is 5.69 Å². The molecule has 7 nitrogen and oxygen atoms in total. The molecule has 0 aliphatic carbocycles. The Morgan fingerprint density at radius 2 is 2.31 bits per heavy atom. The van der Waals surface area contributed by atoms with Gasteiger partial charge in [-0.2, -0.15) is 5.10 Å². The Labute approximate surface area is 153 Å². The molecule has 0 bridgehead atoms. The summed E-state index contributed by atoms with van der Waals surface area (Å²) in [5.74, 6) is 0.288. The number of carbonyl (C=O) groups excluding carboxylic acids is 1. The maximum absolute atomic E-state index is 12.9. The first-order valence-corrected chi connectivity index (χ1v) is 9.21. The molecule has 4 heterocycles. The number of aromatic nitrogens is 3. The van der Waals surface area contributed by atoms with Gasteiger partial charge in [0.2, 0.25) is 5.91 Å². The zero-order chi connectivity index (χ0) is 17.9. The van der Waals surface area contributed by atoms with E-state index >= 15 is 0 Å². The van der Waals surface area contributed by atoms with Crippen LogP contribution < -0.4 is 5.32 Å². The van der Waals surface area contributed by atoms with Gasteiger partial charge in [0.25, 0.3) is 0 Å². The molecule has 3 atom stereocenters. The van der Waals surface area contributed by atoms with Crippen molar-refractivity contribution in [2.45, 2.75) is 25.5 Å². The number of fused-ring (bicyclic) bond motifs is 1. The molecule has 2 saturated heterocycles. The summed E-state index contributed by atoms with van der Waals surface area (Å²) in [5.41, 5.74) is 1.96. The van der Waals surface area contributed by atoms with Crippen LogP contribution in [-0.2, 0) is 23.1 Å². The molecule has 1 N–H and O–H groups in total. The molecule has 2 aromatic heterocycles. The van der Waals surface area contributed by atoms with Crippen molar-refractivity contribution in [3.8, 4) is 0 Å². The highest BCUT2D eigenvalue weighted by molar-refractivity contribution is 5.92. The molecular weight excluding hydrogens is 330 g/mol. The Bertz CT molecular complexity index is 747. The smallest absolute Gasteiger partial charge is 0.228 e. The van der Waals surface area contributed by atoms with E-state index in [1.54, 1.807) is 12.4 Å². The van der Waals surface area contributed by atoms with Crippen molar-refractivity contribution in [3.63, 3.8) is 0 Å². The summed E-state index contributed by atoms with van der Waals surface area (Å²) in [4.78, 5) is 19.3. The number of hydrogen-bond acceptors (Lipinski definition) is 5. The molecule has 0 saturated carbocycles. The van der Waals surface area contributed by atoms with Gasteiger partial charge in [0.1, 0.15) is 0 Å². The third-order valence-corrected chi connectivity index (χ3v) is 5.38. The predicted octanol–water partition coefficient (Wildman–Crippen LogP) is 1.68. The molecule has 0 unspecified atom stereocenters. The first kappa shape index (κ1) is 17.2. The van der Waals surface area contributed by atoms with Crippen LogP contribution in [-0.4, -0.2) is 51.4 Å². The van der Waals surface area contributed by atoms with Crippen LogP contribution >= 0.6 is 0 Å². The van der Waals surface area contributed by atoms with Crippen LogP contribution in [0.5, 0.6) is 0 Å². The molecule has 0 spiro atoms. The molecule has 138 valence electrons. The van der Waals surface area contributed by atoms with Gasteiger partial charge in [0, 0.05) is 63.1 Å². The van der Waals surface area contributed by atoms with Crippen LogP contribution in [0.1, 0.15) is 18.4 Å². The van der Waals surface area contributed by atoms with Gasteiger partial charge in [0.15, 0.2) is 0 Å². The number of nitrogens with zero attached hydrogens (tertiary/aromatic N) is 4. The van der Waals surface area contributed by atoms with Gasteiger partial charge in [-0.25, -0.2) is 0 Å². The predicted molar refractivity (Wildman–Crippen MR) is 97.3 cm³/mol. The molecule has 26 heavy (non-hydrogen) atoms. The van der Waals surface area contributed by atoms with Gasteiger partial charge in [-0.1, -0.05) is 0 Å². The lowest BCUT2D eigenvalue weighted by atomic mass is 9.79. The van der Waals surface area contributed by atoms with Crippen molar-refractivity contribution in [2.75, 3.05) is 25.0 Å². The maximum atomic E-state index is 12.9. The molecule has 7 heteroatoms. The second-order valence-electron chi connectivity index (χ2n) is 7.25. The van der Waals surface area contributed by atoms with E-state index in [9.17, 15) is 4.79 Å². The minimum atomic E-state index is -0.0225. The van der Waals surface area contributed by atoms with E-state index in [4.69, 9.17) is 4.74 Å². The first-order chi connectivity index (χ1) is 12.7. The molecule has 2 aromatic rings. The highest BCUT2D eigenvalue weighted by atomic mass is 16.5. The standard InChI is InChI=1S/C19H25N5O2/c1-23-11-14(9-21-23)12-24-7-4-18-17(13-24)16(5-8-26-18)19(25)22-15-3-2-6-20-10-15/h2-3,6,9-11,16-18H,4-5,7-8,12-13H2,1H3,(H,22,25)/t16-,17+,18-/m1/s1. The quantitative estimate of drug-likeness (QED) is 0.903. The van der Waals surface area contributed by atoms with E-state index in [-0.39, 0.29) is 23.8 Å². The number of hydrogen-bond donors (Lipinski definition) is 1. The number of nitrogens with one attached hydrogen (secondary N) is 1. The van der Waals surface area contributed by atoms with E-state index in [1.807, 2.05) is 30.1 Å². The Hall–Kier alpha value is -2.25. The molecule has 4 rings (SSSR count). The van der Waals surface area contributed by atoms with Crippen LogP contribution in [0.2, 0.25) is 0 Å². The van der Waals surface area contributed by atoms with E-state index in [0.29, 0.717) is 6.61 Å². The van der Waals surface area contributed by atoms with Gasteiger partial charge in [0.05, 0.1) is 24.2 Å². The number of ether oxygens (including phenoxy) is 1. The normalized spacial score (nSPS) is 26.3. The number of rotatable bonds is 4. The summed E-state index contributed by atoms with van der Waals surface area (Å²) < 4.78 is 7.81. The lowest BCUT2D eigenvalue weighted by molar-refractivity contribution is -0.137. The monoisotopic (exact) mass is 355 g/mol. The van der Waals surface area contributed by atoms with E-state index in [2.05, 4.69) is 26.5 Å². The summed E-state index contributed by atoms with van der Waals surface area (Å²) in [6.07, 6.45) is 9.28. The average Bonchev–Trinajstić information content (AvgIpc) is 3.06. The van der Waals surface area contributed by atoms with Crippen molar-refractivity contribution in [1.82, 2.24) is 19.7 Å². The third kappa shape index (κ3) is 3.78. The highest BCUT2D eigenvalue weighted by Gasteiger charge is 2.41. The van der Waals surface area contributed by atoms with Crippen LogP contribution in [0.25, 0.3) is 0 Å². The number of anilines is 1. The zero-order valence-corrected chi connectivity index (χ0v) is 15.0. The largest absolute Gasteiger partial charge is 0.378 e. The third-order valence-electron chi connectivity index (χ3n) is 5.38. The van der Waals surface area contributed by atoms with E-state index in [0.717, 1.165) is 38.2 Å².